The molecule has 1 unspecified atom stereocenters. The van der Waals surface area contributed by atoms with Crippen molar-refractivity contribution < 1.29 is 14.3 Å². The summed E-state index contributed by atoms with van der Waals surface area (Å²) in [5.74, 6) is 0.999. The minimum Gasteiger partial charge on any atom is -0.488 e. The van der Waals surface area contributed by atoms with Gasteiger partial charge in [-0.15, -0.1) is 0 Å². The SMILES string of the molecule is COCCONCC1Cc2cc(C)ccc2O1. The molecule has 0 saturated carbocycles. The Bertz CT molecular complexity index is 368. The molecule has 2 rings (SSSR count). The Morgan fingerprint density at radius 1 is 1.41 bits per heavy atom. The first-order valence-corrected chi connectivity index (χ1v) is 5.89. The smallest absolute Gasteiger partial charge is 0.123 e. The summed E-state index contributed by atoms with van der Waals surface area (Å²) in [6, 6.07) is 6.29. The number of hydrogen-bond acceptors (Lipinski definition) is 4. The molecule has 17 heavy (non-hydrogen) atoms. The van der Waals surface area contributed by atoms with Crippen LogP contribution in [0, 0.1) is 6.92 Å². The fourth-order valence-electron chi connectivity index (χ4n) is 1.91. The Morgan fingerprint density at radius 3 is 3.12 bits per heavy atom. The van der Waals surface area contributed by atoms with E-state index in [9.17, 15) is 0 Å². The molecule has 1 heterocycles. The number of aryl methyl sites for hydroxylation is 1. The summed E-state index contributed by atoms with van der Waals surface area (Å²) in [5, 5.41) is 0. The van der Waals surface area contributed by atoms with E-state index in [2.05, 4.69) is 24.5 Å². The average molecular weight is 237 g/mol. The van der Waals surface area contributed by atoms with Gasteiger partial charge in [0.2, 0.25) is 0 Å². The fourth-order valence-corrected chi connectivity index (χ4v) is 1.91. The highest BCUT2D eigenvalue weighted by molar-refractivity contribution is 5.40. The summed E-state index contributed by atoms with van der Waals surface area (Å²) in [7, 11) is 1.66. The van der Waals surface area contributed by atoms with Crippen molar-refractivity contribution in [2.24, 2.45) is 0 Å². The highest BCUT2D eigenvalue weighted by Gasteiger charge is 2.22. The highest BCUT2D eigenvalue weighted by atomic mass is 16.7. The van der Waals surface area contributed by atoms with E-state index in [1.54, 1.807) is 7.11 Å². The number of ether oxygens (including phenoxy) is 2. The van der Waals surface area contributed by atoms with Crippen LogP contribution in [0.3, 0.4) is 0 Å². The maximum absolute atomic E-state index is 5.79. The minimum absolute atomic E-state index is 0.161. The van der Waals surface area contributed by atoms with Crippen molar-refractivity contribution in [1.82, 2.24) is 5.48 Å². The van der Waals surface area contributed by atoms with Gasteiger partial charge in [0, 0.05) is 13.5 Å². The van der Waals surface area contributed by atoms with Crippen molar-refractivity contribution in [1.29, 1.82) is 0 Å². The standard InChI is InChI=1S/C13H19NO3/c1-10-3-4-13-11(7-10)8-12(17-13)9-14-16-6-5-15-2/h3-4,7,12,14H,5-6,8-9H2,1-2H3. The molecule has 0 aliphatic carbocycles. The van der Waals surface area contributed by atoms with Crippen molar-refractivity contribution in [2.45, 2.75) is 19.4 Å². The van der Waals surface area contributed by atoms with Crippen LogP contribution in [0.5, 0.6) is 5.75 Å². The maximum Gasteiger partial charge on any atom is 0.123 e. The molecule has 1 aromatic carbocycles. The van der Waals surface area contributed by atoms with Crippen molar-refractivity contribution in [2.75, 3.05) is 26.9 Å². The number of methoxy groups -OCH3 is 1. The second kappa shape index (κ2) is 6.00. The number of benzene rings is 1. The first-order chi connectivity index (χ1) is 8.29. The molecule has 1 aromatic rings. The number of hydroxylamine groups is 1. The van der Waals surface area contributed by atoms with E-state index in [1.807, 2.05) is 6.07 Å². The van der Waals surface area contributed by atoms with Crippen molar-refractivity contribution >= 4 is 0 Å². The van der Waals surface area contributed by atoms with Crippen LogP contribution in [0.15, 0.2) is 18.2 Å². The lowest BCUT2D eigenvalue weighted by Crippen LogP contribution is -2.31. The van der Waals surface area contributed by atoms with Gasteiger partial charge >= 0.3 is 0 Å². The van der Waals surface area contributed by atoms with E-state index < -0.39 is 0 Å². The lowest BCUT2D eigenvalue weighted by atomic mass is 10.1. The number of hydrogen-bond donors (Lipinski definition) is 1. The van der Waals surface area contributed by atoms with Gasteiger partial charge in [-0.2, -0.15) is 5.48 Å². The van der Waals surface area contributed by atoms with Gasteiger partial charge in [0.05, 0.1) is 19.8 Å². The van der Waals surface area contributed by atoms with E-state index in [1.165, 1.54) is 11.1 Å². The molecule has 4 heteroatoms. The topological polar surface area (TPSA) is 39.7 Å². The number of rotatable bonds is 6. The van der Waals surface area contributed by atoms with E-state index >= 15 is 0 Å². The quantitative estimate of drug-likeness (QED) is 0.600. The molecule has 0 aromatic heterocycles. The zero-order valence-corrected chi connectivity index (χ0v) is 10.4. The minimum atomic E-state index is 0.161. The monoisotopic (exact) mass is 237 g/mol. The molecule has 4 nitrogen and oxygen atoms in total. The van der Waals surface area contributed by atoms with Gasteiger partial charge in [0.25, 0.3) is 0 Å². The first-order valence-electron chi connectivity index (χ1n) is 5.89. The molecule has 1 aliphatic heterocycles. The Balaban J connectivity index is 1.73. The summed E-state index contributed by atoms with van der Waals surface area (Å²) >= 11 is 0. The summed E-state index contributed by atoms with van der Waals surface area (Å²) < 4.78 is 10.7. The fraction of sp³-hybridized carbons (Fsp3) is 0.538. The molecule has 1 aliphatic rings. The second-order valence-corrected chi connectivity index (χ2v) is 4.24. The van der Waals surface area contributed by atoms with E-state index in [-0.39, 0.29) is 6.10 Å². The average Bonchev–Trinajstić information content (AvgIpc) is 2.70. The molecular weight excluding hydrogens is 218 g/mol. The predicted molar refractivity (Wildman–Crippen MR) is 65.1 cm³/mol. The third-order valence-corrected chi connectivity index (χ3v) is 2.76. The molecule has 94 valence electrons. The molecule has 0 fully saturated rings. The van der Waals surface area contributed by atoms with Crippen LogP contribution in [0.25, 0.3) is 0 Å². The van der Waals surface area contributed by atoms with Gasteiger partial charge in [0.1, 0.15) is 11.9 Å². The van der Waals surface area contributed by atoms with Gasteiger partial charge in [0.15, 0.2) is 0 Å². The van der Waals surface area contributed by atoms with Crippen molar-refractivity contribution in [3.63, 3.8) is 0 Å². The van der Waals surface area contributed by atoms with E-state index in [4.69, 9.17) is 14.3 Å². The molecule has 0 bridgehead atoms. The van der Waals surface area contributed by atoms with Crippen molar-refractivity contribution in [3.05, 3.63) is 29.3 Å². The molecule has 0 spiro atoms. The predicted octanol–water partition coefficient (Wildman–Crippen LogP) is 1.47. The molecule has 1 N–H and O–H groups in total. The molecule has 1 atom stereocenters. The number of nitrogens with one attached hydrogen (secondary N) is 1. The van der Waals surface area contributed by atoms with Crippen LogP contribution in [0.2, 0.25) is 0 Å². The molecule has 0 radical (unpaired) electrons. The van der Waals surface area contributed by atoms with Gasteiger partial charge in [-0.1, -0.05) is 17.7 Å². The van der Waals surface area contributed by atoms with Gasteiger partial charge in [-0.3, -0.25) is 4.84 Å². The Morgan fingerprint density at radius 2 is 2.29 bits per heavy atom. The van der Waals surface area contributed by atoms with Crippen LogP contribution in [0.1, 0.15) is 11.1 Å². The summed E-state index contributed by atoms with van der Waals surface area (Å²) in [6.45, 7) is 3.93. The van der Waals surface area contributed by atoms with Gasteiger partial charge < -0.3 is 9.47 Å². The summed E-state index contributed by atoms with van der Waals surface area (Å²) in [6.07, 6.45) is 1.10. The highest BCUT2D eigenvalue weighted by Crippen LogP contribution is 2.29. The summed E-state index contributed by atoms with van der Waals surface area (Å²) in [4.78, 5) is 5.20. The maximum atomic E-state index is 5.79. The first kappa shape index (κ1) is 12.4. The summed E-state index contributed by atoms with van der Waals surface area (Å²) in [5.41, 5.74) is 5.47. The zero-order valence-electron chi connectivity index (χ0n) is 10.4. The van der Waals surface area contributed by atoms with Gasteiger partial charge in [-0.05, 0) is 18.6 Å². The second-order valence-electron chi connectivity index (χ2n) is 4.24. The molecule has 0 saturated heterocycles. The lowest BCUT2D eigenvalue weighted by Gasteiger charge is -2.11. The van der Waals surface area contributed by atoms with Crippen LogP contribution in [0.4, 0.5) is 0 Å². The van der Waals surface area contributed by atoms with Crippen LogP contribution in [-0.4, -0.2) is 33.0 Å². The zero-order chi connectivity index (χ0) is 12.1. The Labute approximate surface area is 102 Å². The third-order valence-electron chi connectivity index (χ3n) is 2.76. The normalized spacial score (nSPS) is 17.9. The number of fused-ring (bicyclic) bond motifs is 1. The van der Waals surface area contributed by atoms with E-state index in [0.29, 0.717) is 19.8 Å². The molecular formula is C13H19NO3. The third kappa shape index (κ3) is 3.43. The van der Waals surface area contributed by atoms with Crippen molar-refractivity contribution in [3.8, 4) is 5.75 Å². The van der Waals surface area contributed by atoms with Crippen LogP contribution >= 0.6 is 0 Å². The lowest BCUT2D eigenvalue weighted by molar-refractivity contribution is -0.00532. The van der Waals surface area contributed by atoms with Crippen LogP contribution < -0.4 is 10.2 Å². The molecule has 0 amide bonds. The van der Waals surface area contributed by atoms with E-state index in [0.717, 1.165) is 12.2 Å². The Hall–Kier alpha value is -1.10. The van der Waals surface area contributed by atoms with Gasteiger partial charge in [-0.25, -0.2) is 0 Å². The van der Waals surface area contributed by atoms with Crippen LogP contribution in [-0.2, 0) is 16.0 Å². The largest absolute Gasteiger partial charge is 0.488 e. The Kier molecular flexibility index (Phi) is 4.36.